The van der Waals surface area contributed by atoms with Gasteiger partial charge >= 0.3 is 0 Å². The van der Waals surface area contributed by atoms with Gasteiger partial charge in [0.25, 0.3) is 0 Å². The van der Waals surface area contributed by atoms with Crippen molar-refractivity contribution in [1.29, 1.82) is 0 Å². The van der Waals surface area contributed by atoms with Crippen LogP contribution < -0.4 is 5.14 Å². The molecule has 0 saturated heterocycles. The molecule has 2 heterocycles. The summed E-state index contributed by atoms with van der Waals surface area (Å²) >= 11 is 0. The molecule has 0 aliphatic carbocycles. The number of carbonyl (C=O) groups excluding carboxylic acids is 1. The summed E-state index contributed by atoms with van der Waals surface area (Å²) in [4.78, 5) is 15.3. The summed E-state index contributed by atoms with van der Waals surface area (Å²) in [6, 6.07) is 17.9. The maximum atomic E-state index is 11.1. The van der Waals surface area contributed by atoms with Crippen molar-refractivity contribution < 1.29 is 13.2 Å². The number of sulfonamides is 1. The zero-order chi connectivity index (χ0) is 18.7. The van der Waals surface area contributed by atoms with E-state index in [1.165, 1.54) is 12.1 Å². The van der Waals surface area contributed by atoms with Gasteiger partial charge in [-0.25, -0.2) is 13.6 Å². The minimum absolute atomic E-state index is 0.0520. The van der Waals surface area contributed by atoms with E-state index in [2.05, 4.69) is 4.98 Å². The van der Waals surface area contributed by atoms with Gasteiger partial charge < -0.3 is 0 Å². The number of aromatic nitrogens is 2. The molecular formula is C19H17N3O3S. The Bertz CT molecular complexity index is 1200. The molecule has 6 nitrogen and oxygen atoms in total. The van der Waals surface area contributed by atoms with Gasteiger partial charge in [0, 0.05) is 30.1 Å². The Morgan fingerprint density at radius 1 is 1.00 bits per heavy atom. The molecule has 0 fully saturated rings. The van der Waals surface area contributed by atoms with Crippen molar-refractivity contribution in [3.05, 3.63) is 73.1 Å². The Hall–Kier alpha value is -3.03. The van der Waals surface area contributed by atoms with Crippen LogP contribution >= 0.6 is 0 Å². The summed E-state index contributed by atoms with van der Waals surface area (Å²) in [6.07, 6.45) is 3.45. The highest BCUT2D eigenvalue weighted by atomic mass is 32.2. The number of pyridine rings is 1. The molecule has 132 valence electrons. The molecule has 0 radical (unpaired) electrons. The number of rotatable bonds is 1. The van der Waals surface area contributed by atoms with Crippen LogP contribution in [0, 0.1) is 0 Å². The summed E-state index contributed by atoms with van der Waals surface area (Å²) in [6.45, 7) is 1.56. The fourth-order valence-electron chi connectivity index (χ4n) is 2.59. The third kappa shape index (κ3) is 3.79. The van der Waals surface area contributed by atoms with Crippen molar-refractivity contribution in [3.8, 4) is 0 Å². The first-order chi connectivity index (χ1) is 12.4. The van der Waals surface area contributed by atoms with Gasteiger partial charge in [-0.3, -0.25) is 14.3 Å². The molecule has 0 aliphatic heterocycles. The molecule has 0 bridgehead atoms. The lowest BCUT2D eigenvalue weighted by Crippen LogP contribution is -2.11. The van der Waals surface area contributed by atoms with E-state index >= 15 is 0 Å². The van der Waals surface area contributed by atoms with Gasteiger partial charge in [0.1, 0.15) is 0 Å². The van der Waals surface area contributed by atoms with E-state index in [4.69, 9.17) is 5.14 Å². The summed E-state index contributed by atoms with van der Waals surface area (Å²) in [5, 5.41) is 6.87. The van der Waals surface area contributed by atoms with E-state index in [9.17, 15) is 13.2 Å². The summed E-state index contributed by atoms with van der Waals surface area (Å²) in [7, 11) is -3.62. The predicted molar refractivity (Wildman–Crippen MR) is 101 cm³/mol. The van der Waals surface area contributed by atoms with Crippen molar-refractivity contribution in [2.45, 2.75) is 11.8 Å². The van der Waals surface area contributed by atoms with Crippen LogP contribution in [0.1, 0.15) is 11.7 Å². The van der Waals surface area contributed by atoms with E-state index in [1.807, 2.05) is 30.3 Å². The first kappa shape index (κ1) is 17.8. The van der Waals surface area contributed by atoms with Crippen molar-refractivity contribution in [2.75, 3.05) is 0 Å². The zero-order valence-electron chi connectivity index (χ0n) is 14.0. The Labute approximate surface area is 150 Å². The molecule has 0 spiro atoms. The minimum atomic E-state index is -3.62. The van der Waals surface area contributed by atoms with Crippen molar-refractivity contribution in [3.63, 3.8) is 0 Å². The number of primary sulfonamides is 1. The van der Waals surface area contributed by atoms with E-state index in [1.54, 1.807) is 42.1 Å². The number of carbonyl (C=O) groups is 1. The van der Waals surface area contributed by atoms with E-state index < -0.39 is 10.0 Å². The van der Waals surface area contributed by atoms with Gasteiger partial charge in [0.2, 0.25) is 15.9 Å². The molecular weight excluding hydrogens is 350 g/mol. The number of hydrogen-bond acceptors (Lipinski definition) is 4. The second-order valence-electron chi connectivity index (χ2n) is 5.67. The number of para-hydroxylation sites is 1. The highest BCUT2D eigenvalue weighted by Gasteiger charge is 2.07. The standard InChI is InChI=1S/C10H9NO.C9H8N2O2S/c1-8(12)11-7-6-9-4-2-3-5-10(9)11;10-14(12,13)8-3-4-9-7(6-8)2-1-5-11-9/h2-7H,1H3;1-6H,(H2,10,12,13). The summed E-state index contributed by atoms with van der Waals surface area (Å²) in [5.41, 5.74) is 1.73. The predicted octanol–water partition coefficient (Wildman–Crippen LogP) is 3.18. The van der Waals surface area contributed by atoms with Gasteiger partial charge in [-0.2, -0.15) is 0 Å². The summed E-state index contributed by atoms with van der Waals surface area (Å²) < 4.78 is 23.7. The molecule has 7 heteroatoms. The highest BCUT2D eigenvalue weighted by molar-refractivity contribution is 7.89. The van der Waals surface area contributed by atoms with Crippen LogP contribution in [0.4, 0.5) is 0 Å². The average molecular weight is 367 g/mol. The van der Waals surface area contributed by atoms with Crippen LogP contribution in [0.3, 0.4) is 0 Å². The second kappa shape index (κ2) is 7.07. The molecule has 2 N–H and O–H groups in total. The Morgan fingerprint density at radius 3 is 2.46 bits per heavy atom. The number of hydrogen-bond donors (Lipinski definition) is 1. The maximum absolute atomic E-state index is 11.1. The first-order valence-electron chi connectivity index (χ1n) is 7.81. The second-order valence-corrected chi connectivity index (χ2v) is 7.23. The molecule has 2 aromatic carbocycles. The Balaban J connectivity index is 0.000000152. The third-order valence-electron chi connectivity index (χ3n) is 3.84. The number of fused-ring (bicyclic) bond motifs is 2. The largest absolute Gasteiger partial charge is 0.287 e. The lowest BCUT2D eigenvalue weighted by Gasteiger charge is -1.99. The lowest BCUT2D eigenvalue weighted by molar-refractivity contribution is 0.0941. The van der Waals surface area contributed by atoms with Crippen LogP contribution in [-0.2, 0) is 10.0 Å². The SMILES string of the molecule is CC(=O)n1ccc2ccccc21.NS(=O)(=O)c1ccc2ncccc2c1. The van der Waals surface area contributed by atoms with Crippen LogP contribution in [0.2, 0.25) is 0 Å². The van der Waals surface area contributed by atoms with Crippen molar-refractivity contribution in [2.24, 2.45) is 5.14 Å². The van der Waals surface area contributed by atoms with Crippen LogP contribution in [-0.4, -0.2) is 23.9 Å². The highest BCUT2D eigenvalue weighted by Crippen LogP contribution is 2.16. The Morgan fingerprint density at radius 2 is 1.73 bits per heavy atom. The summed E-state index contributed by atoms with van der Waals surface area (Å²) in [5.74, 6) is 0.0520. The van der Waals surface area contributed by atoms with Gasteiger partial charge in [-0.15, -0.1) is 0 Å². The average Bonchev–Trinajstić information content (AvgIpc) is 3.05. The molecule has 4 rings (SSSR count). The van der Waals surface area contributed by atoms with Crippen molar-refractivity contribution in [1.82, 2.24) is 9.55 Å². The minimum Gasteiger partial charge on any atom is -0.287 e. The van der Waals surface area contributed by atoms with E-state index in [0.29, 0.717) is 0 Å². The number of nitrogens with two attached hydrogens (primary N) is 1. The van der Waals surface area contributed by atoms with Crippen molar-refractivity contribution >= 4 is 37.7 Å². The van der Waals surface area contributed by atoms with Crippen LogP contribution in [0.5, 0.6) is 0 Å². The molecule has 0 unspecified atom stereocenters. The molecule has 26 heavy (non-hydrogen) atoms. The topological polar surface area (TPSA) is 95.0 Å². The smallest absolute Gasteiger partial charge is 0.238 e. The molecule has 0 saturated carbocycles. The van der Waals surface area contributed by atoms with Gasteiger partial charge in [-0.05, 0) is 36.4 Å². The molecule has 4 aromatic rings. The van der Waals surface area contributed by atoms with Gasteiger partial charge in [0.05, 0.1) is 15.9 Å². The number of benzene rings is 2. The third-order valence-corrected chi connectivity index (χ3v) is 4.75. The number of nitrogens with zero attached hydrogens (tertiary/aromatic N) is 2. The quantitative estimate of drug-likeness (QED) is 0.559. The first-order valence-corrected chi connectivity index (χ1v) is 9.35. The molecule has 2 aromatic heterocycles. The normalized spacial score (nSPS) is 11.2. The molecule has 0 aliphatic rings. The lowest BCUT2D eigenvalue weighted by atomic mass is 10.2. The van der Waals surface area contributed by atoms with Gasteiger partial charge in [0.15, 0.2) is 0 Å². The zero-order valence-corrected chi connectivity index (χ0v) is 14.8. The fraction of sp³-hybridized carbons (Fsp3) is 0.0526. The van der Waals surface area contributed by atoms with Crippen LogP contribution in [0.25, 0.3) is 21.8 Å². The van der Waals surface area contributed by atoms with Gasteiger partial charge in [-0.1, -0.05) is 24.3 Å². The maximum Gasteiger partial charge on any atom is 0.238 e. The molecule has 0 atom stereocenters. The monoisotopic (exact) mass is 367 g/mol. The van der Waals surface area contributed by atoms with E-state index in [0.717, 1.165) is 21.8 Å². The van der Waals surface area contributed by atoms with Crippen LogP contribution in [0.15, 0.2) is 78.0 Å². The molecule has 0 amide bonds. The van der Waals surface area contributed by atoms with E-state index in [-0.39, 0.29) is 10.8 Å². The fourth-order valence-corrected chi connectivity index (χ4v) is 3.14. The Kier molecular flexibility index (Phi) is 4.83.